The number of hydrogen-bond acceptors (Lipinski definition) is 4. The summed E-state index contributed by atoms with van der Waals surface area (Å²) in [5.74, 6) is 0. The molecule has 1 aliphatic heterocycles. The number of aryl methyl sites for hydroxylation is 1. The molecule has 2 aromatic rings. The van der Waals surface area contributed by atoms with Crippen LogP contribution < -0.4 is 5.32 Å². The fraction of sp³-hybridized carbons (Fsp3) is 0.471. The highest BCUT2D eigenvalue weighted by molar-refractivity contribution is 5.91. The normalized spacial score (nSPS) is 17.2. The third kappa shape index (κ3) is 3.41. The quantitative estimate of drug-likeness (QED) is 0.914. The van der Waals surface area contributed by atoms with Gasteiger partial charge in [0.2, 0.25) is 0 Å². The van der Waals surface area contributed by atoms with E-state index in [-0.39, 0.29) is 12.1 Å². The average Bonchev–Trinajstić information content (AvgIpc) is 3.27. The van der Waals surface area contributed by atoms with Gasteiger partial charge >= 0.3 is 6.03 Å². The number of carbonyl (C=O) groups is 1. The lowest BCUT2D eigenvalue weighted by Gasteiger charge is -2.25. The molecule has 1 fully saturated rings. The Labute approximate surface area is 141 Å². The Morgan fingerprint density at radius 3 is 2.88 bits per heavy atom. The van der Waals surface area contributed by atoms with Gasteiger partial charge in [0.1, 0.15) is 12.7 Å². The fourth-order valence-corrected chi connectivity index (χ4v) is 3.14. The first kappa shape index (κ1) is 16.4. The number of anilines is 1. The van der Waals surface area contributed by atoms with E-state index in [9.17, 15) is 4.79 Å². The average molecular weight is 329 g/mol. The van der Waals surface area contributed by atoms with Crippen LogP contribution in [0.4, 0.5) is 10.5 Å². The smallest absolute Gasteiger partial charge is 0.322 e. The van der Waals surface area contributed by atoms with Gasteiger partial charge in [-0.15, -0.1) is 10.2 Å². The first-order chi connectivity index (χ1) is 11.7. The Hall–Kier alpha value is -2.41. The van der Waals surface area contributed by atoms with Crippen molar-refractivity contribution in [1.29, 1.82) is 0 Å². The molecule has 2 heterocycles. The molecular formula is C17H23N5O2. The van der Waals surface area contributed by atoms with Crippen molar-refractivity contribution in [1.82, 2.24) is 19.7 Å². The first-order valence-corrected chi connectivity index (χ1v) is 8.27. The van der Waals surface area contributed by atoms with Gasteiger partial charge < -0.3 is 15.0 Å². The molecule has 2 amide bonds. The van der Waals surface area contributed by atoms with E-state index in [1.165, 1.54) is 0 Å². The number of methoxy groups -OCH3 is 1. The number of hydrogen-bond donors (Lipinski definition) is 1. The predicted molar refractivity (Wildman–Crippen MR) is 91.4 cm³/mol. The van der Waals surface area contributed by atoms with Gasteiger partial charge in [0, 0.05) is 19.3 Å². The Morgan fingerprint density at radius 1 is 1.38 bits per heavy atom. The van der Waals surface area contributed by atoms with Crippen molar-refractivity contribution in [2.75, 3.05) is 25.6 Å². The Kier molecular flexibility index (Phi) is 5.10. The van der Waals surface area contributed by atoms with Gasteiger partial charge in [0.05, 0.1) is 18.3 Å². The number of benzene rings is 1. The van der Waals surface area contributed by atoms with Crippen LogP contribution in [0.5, 0.6) is 0 Å². The summed E-state index contributed by atoms with van der Waals surface area (Å²) in [5.41, 5.74) is 2.85. The molecule has 0 bridgehead atoms. The minimum absolute atomic E-state index is 0.0647. The molecule has 0 spiro atoms. The highest BCUT2D eigenvalue weighted by Gasteiger charge is 2.28. The molecule has 1 atom stereocenters. The summed E-state index contributed by atoms with van der Waals surface area (Å²) < 4.78 is 7.05. The van der Waals surface area contributed by atoms with Crippen molar-refractivity contribution in [3.05, 3.63) is 36.4 Å². The zero-order valence-electron chi connectivity index (χ0n) is 14.1. The van der Waals surface area contributed by atoms with Crippen molar-refractivity contribution >= 4 is 11.7 Å². The second kappa shape index (κ2) is 7.44. The molecule has 0 aliphatic carbocycles. The number of rotatable bonds is 5. The lowest BCUT2D eigenvalue weighted by molar-refractivity contribution is 0.128. The zero-order valence-corrected chi connectivity index (χ0v) is 14.1. The maximum absolute atomic E-state index is 12.7. The third-order valence-corrected chi connectivity index (χ3v) is 4.43. The van der Waals surface area contributed by atoms with Gasteiger partial charge in [0.25, 0.3) is 0 Å². The van der Waals surface area contributed by atoms with Crippen LogP contribution in [0.3, 0.4) is 0 Å². The van der Waals surface area contributed by atoms with Crippen LogP contribution in [0.2, 0.25) is 0 Å². The van der Waals surface area contributed by atoms with Crippen molar-refractivity contribution in [2.45, 2.75) is 32.2 Å². The second-order valence-electron chi connectivity index (χ2n) is 5.94. The molecular weight excluding hydrogens is 306 g/mol. The molecule has 3 rings (SSSR count). The van der Waals surface area contributed by atoms with Crippen LogP contribution in [0.1, 0.15) is 25.3 Å². The van der Waals surface area contributed by atoms with E-state index in [0.29, 0.717) is 6.61 Å². The van der Waals surface area contributed by atoms with Crippen LogP contribution >= 0.6 is 0 Å². The van der Waals surface area contributed by atoms with Crippen LogP contribution in [0.15, 0.2) is 30.9 Å². The molecule has 0 saturated carbocycles. The molecule has 1 aromatic carbocycles. The van der Waals surface area contributed by atoms with Crippen molar-refractivity contribution in [3.63, 3.8) is 0 Å². The van der Waals surface area contributed by atoms with Crippen LogP contribution in [0, 0.1) is 0 Å². The van der Waals surface area contributed by atoms with Gasteiger partial charge in [0.15, 0.2) is 0 Å². The summed E-state index contributed by atoms with van der Waals surface area (Å²) in [6.45, 7) is 3.42. The monoisotopic (exact) mass is 329 g/mol. The standard InChI is InChI=1S/C17H23N5O2/c1-3-13-6-7-14(21-11-18-19-12-21)9-16(13)20-17(23)22-8-4-5-15(22)10-24-2/h6-7,9,11-12,15H,3-5,8,10H2,1-2H3,(H,20,23)/t15-/m0/s1. The third-order valence-electron chi connectivity index (χ3n) is 4.43. The van der Waals surface area contributed by atoms with E-state index >= 15 is 0 Å². The highest BCUT2D eigenvalue weighted by Crippen LogP contribution is 2.23. The van der Waals surface area contributed by atoms with E-state index < -0.39 is 0 Å². The summed E-state index contributed by atoms with van der Waals surface area (Å²) in [6, 6.07) is 6.08. The second-order valence-corrected chi connectivity index (χ2v) is 5.94. The molecule has 7 heteroatoms. The van der Waals surface area contributed by atoms with Crippen molar-refractivity contribution < 1.29 is 9.53 Å². The number of nitrogens with one attached hydrogen (secondary N) is 1. The molecule has 0 unspecified atom stereocenters. The molecule has 7 nitrogen and oxygen atoms in total. The summed E-state index contributed by atoms with van der Waals surface area (Å²) in [5, 5.41) is 10.7. The van der Waals surface area contributed by atoms with E-state index in [1.54, 1.807) is 19.8 Å². The minimum atomic E-state index is -0.0647. The van der Waals surface area contributed by atoms with Crippen LogP contribution in [0.25, 0.3) is 5.69 Å². The number of carbonyl (C=O) groups excluding carboxylic acids is 1. The number of aromatic nitrogens is 3. The summed E-state index contributed by atoms with van der Waals surface area (Å²) in [7, 11) is 1.67. The van der Waals surface area contributed by atoms with E-state index in [0.717, 1.165) is 42.7 Å². The summed E-state index contributed by atoms with van der Waals surface area (Å²) >= 11 is 0. The molecule has 24 heavy (non-hydrogen) atoms. The minimum Gasteiger partial charge on any atom is -0.383 e. The van der Waals surface area contributed by atoms with E-state index in [4.69, 9.17) is 4.74 Å². The summed E-state index contributed by atoms with van der Waals surface area (Å²) in [6.07, 6.45) is 6.13. The zero-order chi connectivity index (χ0) is 16.9. The molecule has 1 saturated heterocycles. The maximum atomic E-state index is 12.7. The number of nitrogens with zero attached hydrogens (tertiary/aromatic N) is 4. The Bertz CT molecular complexity index is 686. The van der Waals surface area contributed by atoms with Crippen LogP contribution in [-0.2, 0) is 11.2 Å². The van der Waals surface area contributed by atoms with Gasteiger partial charge in [-0.05, 0) is 37.0 Å². The topological polar surface area (TPSA) is 72.3 Å². The molecule has 1 aromatic heterocycles. The predicted octanol–water partition coefficient (Wildman–Crippen LogP) is 2.47. The number of ether oxygens (including phenoxy) is 1. The lowest BCUT2D eigenvalue weighted by Crippen LogP contribution is -2.41. The van der Waals surface area contributed by atoms with Crippen molar-refractivity contribution in [3.8, 4) is 5.69 Å². The molecule has 0 radical (unpaired) electrons. The maximum Gasteiger partial charge on any atom is 0.322 e. The van der Waals surface area contributed by atoms with Crippen LogP contribution in [-0.4, -0.2) is 52.0 Å². The Balaban J connectivity index is 1.80. The molecule has 1 N–H and O–H groups in total. The van der Waals surface area contributed by atoms with E-state index in [2.05, 4.69) is 22.4 Å². The van der Waals surface area contributed by atoms with Gasteiger partial charge in [-0.25, -0.2) is 4.79 Å². The fourth-order valence-electron chi connectivity index (χ4n) is 3.14. The Morgan fingerprint density at radius 2 is 2.17 bits per heavy atom. The lowest BCUT2D eigenvalue weighted by atomic mass is 10.1. The van der Waals surface area contributed by atoms with Crippen molar-refractivity contribution in [2.24, 2.45) is 0 Å². The largest absolute Gasteiger partial charge is 0.383 e. The SMILES string of the molecule is CCc1ccc(-n2cnnc2)cc1NC(=O)N1CCC[C@H]1COC. The number of urea groups is 1. The first-order valence-electron chi connectivity index (χ1n) is 8.27. The van der Waals surface area contributed by atoms with Gasteiger partial charge in [-0.2, -0.15) is 0 Å². The highest BCUT2D eigenvalue weighted by atomic mass is 16.5. The number of likely N-dealkylation sites (tertiary alicyclic amines) is 1. The summed E-state index contributed by atoms with van der Waals surface area (Å²) in [4.78, 5) is 14.6. The number of amides is 2. The van der Waals surface area contributed by atoms with E-state index in [1.807, 2.05) is 27.7 Å². The van der Waals surface area contributed by atoms with Gasteiger partial charge in [-0.1, -0.05) is 13.0 Å². The molecule has 1 aliphatic rings. The van der Waals surface area contributed by atoms with Gasteiger partial charge in [-0.3, -0.25) is 4.57 Å². The molecule has 128 valence electrons.